The first-order valence-corrected chi connectivity index (χ1v) is 3.20. The number of hydrogen-bond acceptors (Lipinski definition) is 3. The number of hydrogen-bond donors (Lipinski definition) is 0. The highest BCUT2D eigenvalue weighted by Crippen LogP contribution is 1.98. The normalized spacial score (nSPS) is 10.9. The number of rotatable bonds is 3. The number of carbonyl (C=O) groups is 1. The molecule has 0 heterocycles. The van der Waals surface area contributed by atoms with Crippen molar-refractivity contribution in [1.82, 2.24) is 0 Å². The lowest BCUT2D eigenvalue weighted by atomic mass is 10.4. The molecule has 0 saturated carbocycles. The van der Waals surface area contributed by atoms with Crippen LogP contribution in [0, 0.1) is 0 Å². The maximum atomic E-state index is 10.7. The van der Waals surface area contributed by atoms with Gasteiger partial charge in [0.1, 0.15) is 21.1 Å². The highest BCUT2D eigenvalue weighted by atomic mass is 17.3. The summed E-state index contributed by atoms with van der Waals surface area (Å²) < 4.78 is 0.110. The summed E-state index contributed by atoms with van der Waals surface area (Å²) in [4.78, 5) is 19.8. The largest absolute Gasteiger partial charge is 0.374 e. The summed E-state index contributed by atoms with van der Waals surface area (Å²) >= 11 is 0. The van der Waals surface area contributed by atoms with E-state index in [0.29, 0.717) is 5.57 Å². The van der Waals surface area contributed by atoms with Gasteiger partial charge < -0.3 is 0 Å². The Morgan fingerprint density at radius 1 is 1.36 bits per heavy atom. The van der Waals surface area contributed by atoms with Gasteiger partial charge in [0, 0.05) is 10.6 Å². The van der Waals surface area contributed by atoms with E-state index < -0.39 is 5.97 Å². The SMILES string of the molecule is C=C(C)C(=O)OO[N+](C)(C)C. The molecule has 0 aromatic carbocycles. The van der Waals surface area contributed by atoms with Gasteiger partial charge in [0.15, 0.2) is 0 Å². The maximum absolute atomic E-state index is 10.7. The van der Waals surface area contributed by atoms with Crippen LogP contribution >= 0.6 is 0 Å². The summed E-state index contributed by atoms with van der Waals surface area (Å²) in [6.45, 7) is 4.95. The van der Waals surface area contributed by atoms with E-state index in [2.05, 4.69) is 16.5 Å². The molecule has 0 rings (SSSR count). The van der Waals surface area contributed by atoms with Crippen LogP contribution in [0.5, 0.6) is 0 Å². The summed E-state index contributed by atoms with van der Waals surface area (Å²) in [5, 5.41) is 0. The van der Waals surface area contributed by atoms with E-state index >= 15 is 0 Å². The van der Waals surface area contributed by atoms with Crippen molar-refractivity contribution >= 4 is 5.97 Å². The maximum Gasteiger partial charge on any atom is 0.374 e. The highest BCUT2D eigenvalue weighted by molar-refractivity contribution is 5.86. The lowest BCUT2D eigenvalue weighted by Crippen LogP contribution is -2.35. The van der Waals surface area contributed by atoms with Crippen molar-refractivity contribution in [3.8, 4) is 0 Å². The fourth-order valence-corrected chi connectivity index (χ4v) is 0.217. The molecule has 11 heavy (non-hydrogen) atoms. The van der Waals surface area contributed by atoms with Crippen LogP contribution in [0.25, 0.3) is 0 Å². The van der Waals surface area contributed by atoms with E-state index in [9.17, 15) is 4.79 Å². The van der Waals surface area contributed by atoms with Gasteiger partial charge in [-0.25, -0.2) is 9.68 Å². The Balaban J connectivity index is 3.73. The average Bonchev–Trinajstić information content (AvgIpc) is 1.80. The lowest BCUT2D eigenvalue weighted by molar-refractivity contribution is -1.11. The zero-order valence-electron chi connectivity index (χ0n) is 7.38. The second-order valence-electron chi connectivity index (χ2n) is 3.12. The van der Waals surface area contributed by atoms with Crippen LogP contribution in [0.2, 0.25) is 0 Å². The standard InChI is InChI=1S/C7H14NO3/c1-6(2)7(9)10-11-8(3,4)5/h1H2,2-5H3/q+1. The predicted octanol–water partition coefficient (Wildman–Crippen LogP) is 0.658. The topological polar surface area (TPSA) is 35.5 Å². The van der Waals surface area contributed by atoms with Crippen molar-refractivity contribution in [3.05, 3.63) is 12.2 Å². The van der Waals surface area contributed by atoms with E-state index in [1.165, 1.54) is 0 Å². The molecule has 0 fully saturated rings. The average molecular weight is 160 g/mol. The fraction of sp³-hybridized carbons (Fsp3) is 0.571. The van der Waals surface area contributed by atoms with E-state index in [-0.39, 0.29) is 4.65 Å². The van der Waals surface area contributed by atoms with Crippen LogP contribution < -0.4 is 0 Å². The smallest absolute Gasteiger partial charge is 0.245 e. The van der Waals surface area contributed by atoms with Gasteiger partial charge in [-0.1, -0.05) is 6.58 Å². The van der Waals surface area contributed by atoms with Crippen LogP contribution in [-0.4, -0.2) is 31.8 Å². The molecule has 0 aromatic heterocycles. The third kappa shape index (κ3) is 5.57. The third-order valence-corrected chi connectivity index (χ3v) is 0.685. The Kier molecular flexibility index (Phi) is 3.22. The first-order chi connectivity index (χ1) is 4.83. The van der Waals surface area contributed by atoms with Crippen LogP contribution in [0.4, 0.5) is 0 Å². The van der Waals surface area contributed by atoms with Crippen molar-refractivity contribution < 1.29 is 19.3 Å². The van der Waals surface area contributed by atoms with E-state index in [4.69, 9.17) is 0 Å². The second-order valence-corrected chi connectivity index (χ2v) is 3.12. The minimum Gasteiger partial charge on any atom is -0.245 e. The van der Waals surface area contributed by atoms with Crippen LogP contribution in [0.1, 0.15) is 6.92 Å². The Morgan fingerprint density at radius 2 is 1.82 bits per heavy atom. The van der Waals surface area contributed by atoms with Gasteiger partial charge in [0.2, 0.25) is 0 Å². The van der Waals surface area contributed by atoms with Gasteiger partial charge in [-0.05, 0) is 6.92 Å². The Morgan fingerprint density at radius 3 is 2.09 bits per heavy atom. The molecule has 0 aliphatic rings. The van der Waals surface area contributed by atoms with Crippen molar-refractivity contribution in [2.24, 2.45) is 0 Å². The number of hydroxylamine groups is 3. The molecule has 4 heteroatoms. The molecule has 0 bridgehead atoms. The van der Waals surface area contributed by atoms with Gasteiger partial charge in [0.05, 0.1) is 0 Å². The molecule has 0 N–H and O–H groups in total. The second kappa shape index (κ2) is 3.50. The molecular weight excluding hydrogens is 146 g/mol. The first kappa shape index (κ1) is 10.1. The molecule has 0 atom stereocenters. The van der Waals surface area contributed by atoms with Gasteiger partial charge in [0.25, 0.3) is 0 Å². The van der Waals surface area contributed by atoms with Crippen molar-refractivity contribution in [1.29, 1.82) is 0 Å². The molecule has 0 saturated heterocycles. The molecule has 0 spiro atoms. The van der Waals surface area contributed by atoms with E-state index in [1.807, 2.05) is 0 Å². The predicted molar refractivity (Wildman–Crippen MR) is 40.0 cm³/mol. The zero-order valence-corrected chi connectivity index (χ0v) is 7.38. The molecule has 0 aromatic rings. The Bertz CT molecular complexity index is 169. The molecule has 0 aliphatic carbocycles. The monoisotopic (exact) mass is 160 g/mol. The van der Waals surface area contributed by atoms with Crippen LogP contribution in [-0.2, 0) is 14.7 Å². The van der Waals surface area contributed by atoms with Crippen molar-refractivity contribution in [3.63, 3.8) is 0 Å². The van der Waals surface area contributed by atoms with Gasteiger partial charge in [-0.3, -0.25) is 0 Å². The summed E-state index contributed by atoms with van der Waals surface area (Å²) in [5.74, 6) is -0.543. The molecule has 0 amide bonds. The van der Waals surface area contributed by atoms with Crippen molar-refractivity contribution in [2.75, 3.05) is 21.1 Å². The molecule has 0 unspecified atom stereocenters. The molecule has 0 radical (unpaired) electrons. The number of quaternary nitrogens is 1. The lowest BCUT2D eigenvalue weighted by Gasteiger charge is -2.17. The molecule has 0 aliphatic heterocycles. The first-order valence-electron chi connectivity index (χ1n) is 3.20. The molecule has 64 valence electrons. The van der Waals surface area contributed by atoms with E-state index in [0.717, 1.165) is 0 Å². The molecule has 4 nitrogen and oxygen atoms in total. The minimum atomic E-state index is -0.543. The minimum absolute atomic E-state index is 0.110. The van der Waals surface area contributed by atoms with Crippen LogP contribution in [0.3, 0.4) is 0 Å². The Labute approximate surface area is 66.5 Å². The quantitative estimate of drug-likeness (QED) is 0.263. The number of carbonyl (C=O) groups excluding carboxylic acids is 1. The van der Waals surface area contributed by atoms with Gasteiger partial charge >= 0.3 is 5.97 Å². The van der Waals surface area contributed by atoms with Gasteiger partial charge in [-0.15, -0.1) is 4.65 Å². The zero-order chi connectivity index (χ0) is 9.07. The summed E-state index contributed by atoms with van der Waals surface area (Å²) in [6.07, 6.45) is 0. The Hall–Kier alpha value is -0.870. The van der Waals surface area contributed by atoms with Crippen LogP contribution in [0.15, 0.2) is 12.2 Å². The highest BCUT2D eigenvalue weighted by Gasteiger charge is 2.14. The van der Waals surface area contributed by atoms with Gasteiger partial charge in [-0.2, -0.15) is 0 Å². The number of nitrogens with zero attached hydrogens (tertiary/aromatic N) is 1. The summed E-state index contributed by atoms with van der Waals surface area (Å²) in [7, 11) is 5.18. The fourth-order valence-electron chi connectivity index (χ4n) is 0.217. The summed E-state index contributed by atoms with van der Waals surface area (Å²) in [6, 6.07) is 0. The van der Waals surface area contributed by atoms with Crippen molar-refractivity contribution in [2.45, 2.75) is 6.92 Å². The molecular formula is C7H14NO3+. The van der Waals surface area contributed by atoms with E-state index in [1.54, 1.807) is 28.1 Å². The third-order valence-electron chi connectivity index (χ3n) is 0.685. The summed E-state index contributed by atoms with van der Waals surface area (Å²) in [5.41, 5.74) is 0.318.